The Kier molecular flexibility index (Phi) is 4.80. The summed E-state index contributed by atoms with van der Waals surface area (Å²) in [6.45, 7) is 13.0. The largest absolute Gasteiger partial charge is 0.444 e. The van der Waals surface area contributed by atoms with E-state index in [2.05, 4.69) is 24.1 Å². The quantitative estimate of drug-likeness (QED) is 0.822. The van der Waals surface area contributed by atoms with Crippen LogP contribution < -0.4 is 5.32 Å². The summed E-state index contributed by atoms with van der Waals surface area (Å²) >= 11 is 0. The van der Waals surface area contributed by atoms with Crippen LogP contribution in [0.25, 0.3) is 0 Å². The summed E-state index contributed by atoms with van der Waals surface area (Å²) in [7, 11) is 0. The van der Waals surface area contributed by atoms with Crippen LogP contribution in [-0.2, 0) is 4.74 Å². The molecule has 1 fully saturated rings. The Hall–Kier alpha value is -0.770. The molecule has 0 aliphatic carbocycles. The number of nitrogens with one attached hydrogen (secondary N) is 1. The molecule has 17 heavy (non-hydrogen) atoms. The molecule has 1 unspecified atom stereocenters. The van der Waals surface area contributed by atoms with E-state index in [0.29, 0.717) is 12.0 Å². The van der Waals surface area contributed by atoms with E-state index in [0.717, 1.165) is 19.6 Å². The fourth-order valence-electron chi connectivity index (χ4n) is 1.90. The Morgan fingerprint density at radius 3 is 2.53 bits per heavy atom. The van der Waals surface area contributed by atoms with Crippen molar-refractivity contribution in [3.05, 3.63) is 0 Å². The van der Waals surface area contributed by atoms with Gasteiger partial charge >= 0.3 is 6.09 Å². The summed E-state index contributed by atoms with van der Waals surface area (Å²) in [4.78, 5) is 13.9. The zero-order valence-corrected chi connectivity index (χ0v) is 11.7. The number of hydrogen-bond acceptors (Lipinski definition) is 3. The lowest BCUT2D eigenvalue weighted by atomic mass is 9.97. The molecule has 1 aliphatic heterocycles. The van der Waals surface area contributed by atoms with Crippen molar-refractivity contribution in [2.24, 2.45) is 5.92 Å². The average molecular weight is 242 g/mol. The summed E-state index contributed by atoms with van der Waals surface area (Å²) in [5.41, 5.74) is -0.410. The maximum Gasteiger partial charge on any atom is 0.407 e. The zero-order chi connectivity index (χ0) is 13.1. The van der Waals surface area contributed by atoms with Gasteiger partial charge in [-0.25, -0.2) is 4.79 Å². The number of hydrogen-bond donors (Lipinski definition) is 1. The number of amides is 1. The normalized spacial score (nSPS) is 19.6. The van der Waals surface area contributed by atoms with E-state index < -0.39 is 5.60 Å². The topological polar surface area (TPSA) is 41.6 Å². The number of nitrogens with zero attached hydrogens (tertiary/aromatic N) is 1. The molecule has 0 aromatic carbocycles. The Morgan fingerprint density at radius 1 is 1.47 bits per heavy atom. The lowest BCUT2D eigenvalue weighted by molar-refractivity contribution is 0.0389. The van der Waals surface area contributed by atoms with Crippen molar-refractivity contribution in [2.75, 3.05) is 19.6 Å². The number of carbonyl (C=O) groups is 1. The first-order chi connectivity index (χ1) is 7.81. The molecule has 0 radical (unpaired) electrons. The third-order valence-corrected chi connectivity index (χ3v) is 3.13. The number of rotatable bonds is 4. The molecular weight excluding hydrogens is 216 g/mol. The van der Waals surface area contributed by atoms with Crippen LogP contribution >= 0.6 is 0 Å². The third-order valence-electron chi connectivity index (χ3n) is 3.13. The molecule has 0 aromatic rings. The van der Waals surface area contributed by atoms with Gasteiger partial charge < -0.3 is 10.1 Å². The lowest BCUT2D eigenvalue weighted by Gasteiger charge is -2.43. The summed E-state index contributed by atoms with van der Waals surface area (Å²) in [5.74, 6) is 0.580. The second kappa shape index (κ2) is 5.71. The van der Waals surface area contributed by atoms with Crippen LogP contribution in [0.4, 0.5) is 4.79 Å². The predicted octanol–water partition coefficient (Wildman–Crippen LogP) is 2.24. The van der Waals surface area contributed by atoms with Crippen molar-refractivity contribution in [3.8, 4) is 0 Å². The Bertz CT molecular complexity index is 255. The smallest absolute Gasteiger partial charge is 0.407 e. The van der Waals surface area contributed by atoms with Gasteiger partial charge in [0.05, 0.1) is 0 Å². The van der Waals surface area contributed by atoms with Crippen molar-refractivity contribution < 1.29 is 9.53 Å². The van der Waals surface area contributed by atoms with Gasteiger partial charge in [-0.2, -0.15) is 0 Å². The van der Waals surface area contributed by atoms with E-state index in [1.807, 2.05) is 20.8 Å². The maximum atomic E-state index is 11.4. The molecule has 1 amide bonds. The maximum absolute atomic E-state index is 11.4. The van der Waals surface area contributed by atoms with Crippen LogP contribution in [0, 0.1) is 5.92 Å². The van der Waals surface area contributed by atoms with Crippen LogP contribution in [-0.4, -0.2) is 42.3 Å². The van der Waals surface area contributed by atoms with E-state index in [1.54, 1.807) is 0 Å². The molecule has 4 heteroatoms. The van der Waals surface area contributed by atoms with E-state index >= 15 is 0 Å². The number of carbonyl (C=O) groups excluding carboxylic acids is 1. The molecule has 1 N–H and O–H groups in total. The molecule has 0 bridgehead atoms. The third kappa shape index (κ3) is 4.94. The summed E-state index contributed by atoms with van der Waals surface area (Å²) in [6, 6.07) is 0.660. The molecule has 100 valence electrons. The minimum absolute atomic E-state index is 0.306. The van der Waals surface area contributed by atoms with Gasteiger partial charge in [-0.3, -0.25) is 4.90 Å². The minimum Gasteiger partial charge on any atom is -0.444 e. The van der Waals surface area contributed by atoms with Gasteiger partial charge in [0.15, 0.2) is 0 Å². The fraction of sp³-hybridized carbons (Fsp3) is 0.923. The second-order valence-corrected chi connectivity index (χ2v) is 5.96. The van der Waals surface area contributed by atoms with Crippen LogP contribution in [0.3, 0.4) is 0 Å². The first kappa shape index (κ1) is 14.3. The number of alkyl carbamates (subject to hydrolysis) is 1. The van der Waals surface area contributed by atoms with Crippen LogP contribution in [0.2, 0.25) is 0 Å². The molecular formula is C13H26N2O2. The van der Waals surface area contributed by atoms with Crippen LogP contribution in [0.15, 0.2) is 0 Å². The van der Waals surface area contributed by atoms with Gasteiger partial charge in [0.25, 0.3) is 0 Å². The molecule has 1 rings (SSSR count). The Balaban J connectivity index is 2.12. The predicted molar refractivity (Wildman–Crippen MR) is 69.1 cm³/mol. The van der Waals surface area contributed by atoms with Gasteiger partial charge in [0.2, 0.25) is 0 Å². The summed E-state index contributed by atoms with van der Waals surface area (Å²) < 4.78 is 5.19. The summed E-state index contributed by atoms with van der Waals surface area (Å²) in [5, 5.41) is 2.83. The monoisotopic (exact) mass is 242 g/mol. The second-order valence-electron chi connectivity index (χ2n) is 5.96. The summed E-state index contributed by atoms with van der Waals surface area (Å²) in [6.07, 6.45) is 0.881. The molecule has 1 aliphatic rings. The van der Waals surface area contributed by atoms with Crippen molar-refractivity contribution in [3.63, 3.8) is 0 Å². The van der Waals surface area contributed by atoms with Gasteiger partial charge in [-0.05, 0) is 34.1 Å². The van der Waals surface area contributed by atoms with Crippen molar-refractivity contribution in [2.45, 2.75) is 52.7 Å². The highest BCUT2D eigenvalue weighted by Crippen LogP contribution is 2.19. The highest BCUT2D eigenvalue weighted by molar-refractivity contribution is 5.67. The molecule has 1 heterocycles. The molecule has 1 saturated heterocycles. The first-order valence-corrected chi connectivity index (χ1v) is 6.52. The van der Waals surface area contributed by atoms with Gasteiger partial charge in [-0.15, -0.1) is 0 Å². The first-order valence-electron chi connectivity index (χ1n) is 6.52. The highest BCUT2D eigenvalue weighted by atomic mass is 16.6. The van der Waals surface area contributed by atoms with E-state index in [-0.39, 0.29) is 6.09 Å². The average Bonchev–Trinajstić information content (AvgIpc) is 2.11. The molecule has 1 atom stereocenters. The zero-order valence-electron chi connectivity index (χ0n) is 11.7. The fourth-order valence-corrected chi connectivity index (χ4v) is 1.90. The molecule has 0 spiro atoms. The van der Waals surface area contributed by atoms with Crippen molar-refractivity contribution in [1.82, 2.24) is 10.2 Å². The minimum atomic E-state index is -0.410. The van der Waals surface area contributed by atoms with Crippen LogP contribution in [0.5, 0.6) is 0 Å². The molecule has 4 nitrogen and oxygen atoms in total. The molecule has 0 saturated carbocycles. The number of likely N-dealkylation sites (tertiary alicyclic amines) is 1. The Labute approximate surface area is 105 Å². The van der Waals surface area contributed by atoms with Crippen LogP contribution in [0.1, 0.15) is 41.0 Å². The Morgan fingerprint density at radius 2 is 2.06 bits per heavy atom. The molecule has 0 aromatic heterocycles. The van der Waals surface area contributed by atoms with Crippen molar-refractivity contribution >= 4 is 6.09 Å². The van der Waals surface area contributed by atoms with Gasteiger partial charge in [0, 0.05) is 31.6 Å². The SMILES string of the molecule is CCC(C)N1CC(CNC(=O)OC(C)(C)C)C1. The lowest BCUT2D eigenvalue weighted by Crippen LogP contribution is -2.54. The highest BCUT2D eigenvalue weighted by Gasteiger charge is 2.29. The van der Waals surface area contributed by atoms with Crippen molar-refractivity contribution in [1.29, 1.82) is 0 Å². The van der Waals surface area contributed by atoms with Gasteiger partial charge in [-0.1, -0.05) is 6.92 Å². The van der Waals surface area contributed by atoms with Gasteiger partial charge in [0.1, 0.15) is 5.60 Å². The van der Waals surface area contributed by atoms with E-state index in [4.69, 9.17) is 4.74 Å². The van der Waals surface area contributed by atoms with E-state index in [1.165, 1.54) is 6.42 Å². The van der Waals surface area contributed by atoms with E-state index in [9.17, 15) is 4.79 Å². The number of ether oxygens (including phenoxy) is 1. The standard InChI is InChI=1S/C13H26N2O2/c1-6-10(2)15-8-11(9-15)7-14-12(16)17-13(3,4)5/h10-11H,6-9H2,1-5H3,(H,14,16).